The van der Waals surface area contributed by atoms with Gasteiger partial charge >= 0.3 is 6.09 Å². The minimum Gasteiger partial charge on any atom is -0.446 e. The number of anilines is 1. The van der Waals surface area contributed by atoms with Crippen molar-refractivity contribution in [2.75, 3.05) is 5.32 Å². The maximum absolute atomic E-state index is 12.3. The fraction of sp³-hybridized carbons (Fsp3) is 0.579. The third-order valence-corrected chi connectivity index (χ3v) is 4.99. The summed E-state index contributed by atoms with van der Waals surface area (Å²) in [5.74, 6) is 0.375. The van der Waals surface area contributed by atoms with E-state index in [9.17, 15) is 9.59 Å². The zero-order valence-corrected chi connectivity index (χ0v) is 14.0. The van der Waals surface area contributed by atoms with Crippen molar-refractivity contribution in [1.82, 2.24) is 5.32 Å². The highest BCUT2D eigenvalue weighted by Crippen LogP contribution is 2.27. The van der Waals surface area contributed by atoms with Gasteiger partial charge in [0.05, 0.1) is 0 Å². The first kappa shape index (κ1) is 16.8. The first-order valence-corrected chi connectivity index (χ1v) is 9.04. The van der Waals surface area contributed by atoms with Crippen LogP contribution in [-0.2, 0) is 9.53 Å². The monoisotopic (exact) mass is 330 g/mol. The molecule has 24 heavy (non-hydrogen) atoms. The van der Waals surface area contributed by atoms with E-state index in [2.05, 4.69) is 10.6 Å². The molecule has 2 aliphatic rings. The fourth-order valence-electron chi connectivity index (χ4n) is 3.71. The summed E-state index contributed by atoms with van der Waals surface area (Å²) < 4.78 is 5.53. The number of ether oxygens (including phenoxy) is 1. The minimum absolute atomic E-state index is 0.126. The molecule has 2 saturated carbocycles. The maximum Gasteiger partial charge on any atom is 0.411 e. The summed E-state index contributed by atoms with van der Waals surface area (Å²) in [5, 5.41) is 5.90. The van der Waals surface area contributed by atoms with Gasteiger partial charge in [-0.2, -0.15) is 0 Å². The van der Waals surface area contributed by atoms with Crippen molar-refractivity contribution in [3.8, 4) is 0 Å². The van der Waals surface area contributed by atoms with Crippen LogP contribution in [0.5, 0.6) is 0 Å². The number of rotatable bonds is 4. The third kappa shape index (κ3) is 4.73. The molecular weight excluding hydrogens is 304 g/mol. The van der Waals surface area contributed by atoms with Crippen LogP contribution in [0, 0.1) is 5.92 Å². The Morgan fingerprint density at radius 1 is 0.958 bits per heavy atom. The van der Waals surface area contributed by atoms with E-state index in [1.165, 1.54) is 0 Å². The van der Waals surface area contributed by atoms with Crippen LogP contribution in [0.2, 0.25) is 0 Å². The van der Waals surface area contributed by atoms with E-state index in [0.717, 1.165) is 50.6 Å². The number of amides is 2. The molecule has 0 heterocycles. The van der Waals surface area contributed by atoms with Crippen LogP contribution in [0.3, 0.4) is 0 Å². The van der Waals surface area contributed by atoms with Gasteiger partial charge in [-0.15, -0.1) is 0 Å². The number of hydrogen-bond acceptors (Lipinski definition) is 3. The molecule has 0 aliphatic heterocycles. The normalized spacial score (nSPS) is 24.3. The summed E-state index contributed by atoms with van der Waals surface area (Å²) in [6.07, 6.45) is 7.30. The molecule has 3 rings (SSSR count). The molecule has 5 nitrogen and oxygen atoms in total. The smallest absolute Gasteiger partial charge is 0.411 e. The van der Waals surface area contributed by atoms with Crippen LogP contribution in [0.25, 0.3) is 0 Å². The van der Waals surface area contributed by atoms with E-state index in [1.54, 1.807) is 0 Å². The fourth-order valence-corrected chi connectivity index (χ4v) is 3.71. The Kier molecular flexibility index (Phi) is 5.72. The van der Waals surface area contributed by atoms with Gasteiger partial charge < -0.3 is 10.1 Å². The van der Waals surface area contributed by atoms with Crippen LogP contribution in [-0.4, -0.2) is 24.1 Å². The summed E-state index contributed by atoms with van der Waals surface area (Å²) >= 11 is 0. The van der Waals surface area contributed by atoms with Crippen LogP contribution in [0.1, 0.15) is 51.4 Å². The largest absolute Gasteiger partial charge is 0.446 e. The second-order valence-electron chi connectivity index (χ2n) is 6.87. The maximum atomic E-state index is 12.3. The zero-order valence-electron chi connectivity index (χ0n) is 14.0. The molecule has 2 fully saturated rings. The second kappa shape index (κ2) is 8.18. The Morgan fingerprint density at radius 3 is 2.46 bits per heavy atom. The molecule has 1 aromatic rings. The van der Waals surface area contributed by atoms with Gasteiger partial charge in [0.25, 0.3) is 0 Å². The lowest BCUT2D eigenvalue weighted by Gasteiger charge is -2.30. The predicted octanol–water partition coefficient (Wildman–Crippen LogP) is 3.85. The molecular formula is C19H26N2O3. The Bertz CT molecular complexity index is 555. The molecule has 0 saturated heterocycles. The van der Waals surface area contributed by atoms with Crippen LogP contribution in [0.15, 0.2) is 30.3 Å². The van der Waals surface area contributed by atoms with Crippen LogP contribution in [0.4, 0.5) is 10.5 Å². The number of nitrogens with one attached hydrogen (secondary N) is 2. The Balaban J connectivity index is 1.44. The molecule has 0 aromatic heterocycles. The highest BCUT2D eigenvalue weighted by Gasteiger charge is 2.29. The van der Waals surface area contributed by atoms with Crippen molar-refractivity contribution >= 4 is 17.7 Å². The van der Waals surface area contributed by atoms with Gasteiger partial charge in [-0.3, -0.25) is 10.1 Å². The standard InChI is InChI=1S/C19H26N2O3/c22-18(14-7-4-5-8-14)20-16-11-6-12-17(13-16)24-19(23)21-15-9-2-1-3-10-15/h1-3,9-10,14,16-17H,4-8,11-13H2,(H,20,22)(H,21,23)/t16-,17+/m1/s1. The van der Waals surface area contributed by atoms with Gasteiger partial charge in [-0.05, 0) is 44.2 Å². The summed E-state index contributed by atoms with van der Waals surface area (Å²) in [5.41, 5.74) is 0.726. The lowest BCUT2D eigenvalue weighted by Crippen LogP contribution is -2.43. The SMILES string of the molecule is O=C(Nc1ccccc1)O[C@H]1CCC[C@@H](NC(=O)C2CCCC2)C1. The molecule has 2 atom stereocenters. The van der Waals surface area contributed by atoms with E-state index >= 15 is 0 Å². The van der Waals surface area contributed by atoms with Gasteiger partial charge in [0.2, 0.25) is 5.91 Å². The van der Waals surface area contributed by atoms with Gasteiger partial charge in [-0.25, -0.2) is 4.79 Å². The number of para-hydroxylation sites is 1. The number of benzene rings is 1. The van der Waals surface area contributed by atoms with Gasteiger partial charge in [0, 0.05) is 24.1 Å². The molecule has 2 amide bonds. The third-order valence-electron chi connectivity index (χ3n) is 4.99. The molecule has 5 heteroatoms. The lowest BCUT2D eigenvalue weighted by atomic mass is 9.92. The Morgan fingerprint density at radius 2 is 1.71 bits per heavy atom. The van der Waals surface area contributed by atoms with E-state index in [4.69, 9.17) is 4.74 Å². The van der Waals surface area contributed by atoms with Crippen LogP contribution < -0.4 is 10.6 Å². The molecule has 0 bridgehead atoms. The summed E-state index contributed by atoms with van der Waals surface area (Å²) in [6.45, 7) is 0. The summed E-state index contributed by atoms with van der Waals surface area (Å²) in [6, 6.07) is 9.41. The quantitative estimate of drug-likeness (QED) is 0.881. The van der Waals surface area contributed by atoms with Gasteiger partial charge in [0.1, 0.15) is 6.10 Å². The Hall–Kier alpha value is -2.04. The predicted molar refractivity (Wildman–Crippen MR) is 92.7 cm³/mol. The van der Waals surface area contributed by atoms with Crippen molar-refractivity contribution in [1.29, 1.82) is 0 Å². The molecule has 2 aliphatic carbocycles. The molecule has 2 N–H and O–H groups in total. The molecule has 1 aromatic carbocycles. The van der Waals surface area contributed by atoms with Gasteiger partial charge in [0.15, 0.2) is 0 Å². The zero-order chi connectivity index (χ0) is 16.8. The van der Waals surface area contributed by atoms with Gasteiger partial charge in [-0.1, -0.05) is 31.0 Å². The van der Waals surface area contributed by atoms with Crippen molar-refractivity contribution in [2.45, 2.75) is 63.5 Å². The van der Waals surface area contributed by atoms with Crippen molar-refractivity contribution in [3.05, 3.63) is 30.3 Å². The van der Waals surface area contributed by atoms with E-state index in [-0.39, 0.29) is 24.0 Å². The Labute approximate surface area is 143 Å². The minimum atomic E-state index is -0.422. The number of carbonyl (C=O) groups is 2. The average molecular weight is 330 g/mol. The second-order valence-corrected chi connectivity index (χ2v) is 6.87. The van der Waals surface area contributed by atoms with Crippen molar-refractivity contribution in [2.24, 2.45) is 5.92 Å². The highest BCUT2D eigenvalue weighted by molar-refractivity contribution is 5.84. The van der Waals surface area contributed by atoms with Crippen LogP contribution >= 0.6 is 0 Å². The first-order chi connectivity index (χ1) is 11.7. The van der Waals surface area contributed by atoms with Crippen molar-refractivity contribution in [3.63, 3.8) is 0 Å². The first-order valence-electron chi connectivity index (χ1n) is 9.04. The molecule has 0 spiro atoms. The average Bonchev–Trinajstić information content (AvgIpc) is 3.10. The number of carbonyl (C=O) groups excluding carboxylic acids is 2. The highest BCUT2D eigenvalue weighted by atomic mass is 16.6. The summed E-state index contributed by atoms with van der Waals surface area (Å²) in [4.78, 5) is 24.3. The molecule has 0 radical (unpaired) electrons. The summed E-state index contributed by atoms with van der Waals surface area (Å²) in [7, 11) is 0. The van der Waals surface area contributed by atoms with E-state index < -0.39 is 6.09 Å². The topological polar surface area (TPSA) is 67.4 Å². The van der Waals surface area contributed by atoms with E-state index in [1.807, 2.05) is 30.3 Å². The molecule has 0 unspecified atom stereocenters. The van der Waals surface area contributed by atoms with Crippen molar-refractivity contribution < 1.29 is 14.3 Å². The van der Waals surface area contributed by atoms with E-state index in [0.29, 0.717) is 6.42 Å². The number of hydrogen-bond donors (Lipinski definition) is 2. The molecule has 130 valence electrons. The lowest BCUT2D eigenvalue weighted by molar-refractivity contribution is -0.125.